The van der Waals surface area contributed by atoms with Gasteiger partial charge in [-0.15, -0.1) is 0 Å². The molecule has 2 heterocycles. The third kappa shape index (κ3) is 3.76. The van der Waals surface area contributed by atoms with Crippen molar-refractivity contribution in [2.45, 2.75) is 71.1 Å². The molecule has 3 aliphatic rings. The van der Waals surface area contributed by atoms with Gasteiger partial charge in [0.05, 0.1) is 29.5 Å². The minimum absolute atomic E-state index is 0.0168. The molecule has 0 bridgehead atoms. The van der Waals surface area contributed by atoms with Crippen molar-refractivity contribution in [1.82, 2.24) is 10.2 Å². The molecule has 1 N–H and O–H groups in total. The molecular weight excluding hydrogens is 376 g/mol. The van der Waals surface area contributed by atoms with E-state index in [0.717, 1.165) is 30.8 Å². The van der Waals surface area contributed by atoms with E-state index >= 15 is 0 Å². The summed E-state index contributed by atoms with van der Waals surface area (Å²) in [5.41, 5.74) is 5.42. The average molecular weight is 411 g/mol. The molecule has 1 aliphatic carbocycles. The number of anilines is 1. The molecule has 0 aromatic heterocycles. The Kier molecular flexibility index (Phi) is 5.44. The Morgan fingerprint density at radius 3 is 2.63 bits per heavy atom. The summed E-state index contributed by atoms with van der Waals surface area (Å²) in [6.07, 6.45) is 3.21. The molecule has 1 saturated carbocycles. The van der Waals surface area contributed by atoms with Crippen LogP contribution < -0.4 is 10.2 Å². The number of carbonyl (C=O) groups is 1. The van der Waals surface area contributed by atoms with Crippen LogP contribution in [0, 0.1) is 17.2 Å². The van der Waals surface area contributed by atoms with Gasteiger partial charge in [0.15, 0.2) is 0 Å². The quantitative estimate of drug-likeness (QED) is 0.824. The lowest BCUT2D eigenvalue weighted by Crippen LogP contribution is -2.59. The highest BCUT2D eigenvalue weighted by Gasteiger charge is 2.38. The molecule has 0 radical (unpaired) electrons. The Balaban J connectivity index is 1.75. The molecule has 30 heavy (non-hydrogen) atoms. The van der Waals surface area contributed by atoms with Gasteiger partial charge < -0.3 is 19.9 Å². The standard InChI is InChI=1S/C24H34N4O2/c1-15(2)22-13-27(8-9-28(22)23(29)26-5)21-10-17(16-6-7-16)20-14-30-24(3,4)11-18(20)19(21)12-25/h10,15-16,22H,6-9,11,13-14H2,1-5H3,(H,26,29). The second kappa shape index (κ2) is 7.77. The van der Waals surface area contributed by atoms with Gasteiger partial charge in [0.25, 0.3) is 0 Å². The van der Waals surface area contributed by atoms with Crippen molar-refractivity contribution in [3.05, 3.63) is 28.3 Å². The Hall–Kier alpha value is -2.26. The highest BCUT2D eigenvalue weighted by atomic mass is 16.5. The van der Waals surface area contributed by atoms with Gasteiger partial charge in [0.1, 0.15) is 6.07 Å². The number of piperazine rings is 1. The normalized spacial score (nSPS) is 23.2. The van der Waals surface area contributed by atoms with Crippen molar-refractivity contribution in [3.8, 4) is 6.07 Å². The fourth-order valence-corrected chi connectivity index (χ4v) is 5.02. The van der Waals surface area contributed by atoms with Gasteiger partial charge in [0.2, 0.25) is 0 Å². The third-order valence-corrected chi connectivity index (χ3v) is 6.91. The number of fused-ring (bicyclic) bond motifs is 1. The summed E-state index contributed by atoms with van der Waals surface area (Å²) in [5.74, 6) is 0.937. The van der Waals surface area contributed by atoms with Gasteiger partial charge >= 0.3 is 6.03 Å². The average Bonchev–Trinajstić information content (AvgIpc) is 3.56. The molecule has 6 heteroatoms. The van der Waals surface area contributed by atoms with Crippen LogP contribution in [-0.2, 0) is 17.8 Å². The first-order chi connectivity index (χ1) is 14.3. The van der Waals surface area contributed by atoms with Crippen LogP contribution in [0.25, 0.3) is 0 Å². The summed E-state index contributed by atoms with van der Waals surface area (Å²) in [6.45, 7) is 11.3. The number of nitriles is 1. The topological polar surface area (TPSA) is 68.6 Å². The second-order valence-corrected chi connectivity index (χ2v) is 9.93. The molecule has 0 spiro atoms. The maximum Gasteiger partial charge on any atom is 0.317 e. The van der Waals surface area contributed by atoms with Crippen LogP contribution in [0.1, 0.15) is 68.7 Å². The van der Waals surface area contributed by atoms with Gasteiger partial charge in [-0.2, -0.15) is 5.26 Å². The molecule has 2 amide bonds. The summed E-state index contributed by atoms with van der Waals surface area (Å²) < 4.78 is 6.12. The number of benzene rings is 1. The van der Waals surface area contributed by atoms with Crippen molar-refractivity contribution in [3.63, 3.8) is 0 Å². The zero-order valence-corrected chi connectivity index (χ0v) is 18.9. The van der Waals surface area contributed by atoms with Crippen molar-refractivity contribution in [2.24, 2.45) is 5.92 Å². The SMILES string of the molecule is CNC(=O)N1CCN(c2cc(C3CC3)c3c(c2C#N)CC(C)(C)OC3)CC1C(C)C. The monoisotopic (exact) mass is 410 g/mol. The lowest BCUT2D eigenvalue weighted by Gasteiger charge is -2.45. The van der Waals surface area contributed by atoms with Gasteiger partial charge in [-0.05, 0) is 61.3 Å². The van der Waals surface area contributed by atoms with Crippen LogP contribution in [0.4, 0.5) is 10.5 Å². The first kappa shape index (κ1) is 21.0. The van der Waals surface area contributed by atoms with Crippen molar-refractivity contribution in [1.29, 1.82) is 5.26 Å². The molecule has 1 aromatic carbocycles. The van der Waals surface area contributed by atoms with E-state index in [1.807, 2.05) is 4.90 Å². The van der Waals surface area contributed by atoms with Crippen LogP contribution >= 0.6 is 0 Å². The van der Waals surface area contributed by atoms with Crippen LogP contribution in [0.15, 0.2) is 6.07 Å². The van der Waals surface area contributed by atoms with Gasteiger partial charge in [0, 0.05) is 33.1 Å². The molecule has 162 valence electrons. The summed E-state index contributed by atoms with van der Waals surface area (Å²) >= 11 is 0. The minimum atomic E-state index is -0.254. The van der Waals surface area contributed by atoms with E-state index in [0.29, 0.717) is 25.0 Å². The van der Waals surface area contributed by atoms with E-state index in [1.165, 1.54) is 29.5 Å². The zero-order valence-electron chi connectivity index (χ0n) is 18.9. The van der Waals surface area contributed by atoms with Crippen LogP contribution in [0.5, 0.6) is 0 Å². The number of nitrogens with zero attached hydrogens (tertiary/aromatic N) is 3. The lowest BCUT2D eigenvalue weighted by atomic mass is 9.83. The molecule has 1 saturated heterocycles. The number of urea groups is 1. The molecule has 1 unspecified atom stereocenters. The summed E-state index contributed by atoms with van der Waals surface area (Å²) in [5, 5.41) is 13.0. The van der Waals surface area contributed by atoms with Gasteiger partial charge in [-0.1, -0.05) is 13.8 Å². The summed E-state index contributed by atoms with van der Waals surface area (Å²) in [6, 6.07) is 4.91. The first-order valence-electron chi connectivity index (χ1n) is 11.2. The van der Waals surface area contributed by atoms with E-state index in [4.69, 9.17) is 4.74 Å². The van der Waals surface area contributed by atoms with Gasteiger partial charge in [-0.25, -0.2) is 4.79 Å². The van der Waals surface area contributed by atoms with Crippen molar-refractivity contribution < 1.29 is 9.53 Å². The first-order valence-corrected chi connectivity index (χ1v) is 11.2. The van der Waals surface area contributed by atoms with E-state index < -0.39 is 0 Å². The third-order valence-electron chi connectivity index (χ3n) is 6.91. The predicted molar refractivity (Wildman–Crippen MR) is 118 cm³/mol. The molecular formula is C24H34N4O2. The number of ether oxygens (including phenoxy) is 1. The predicted octanol–water partition coefficient (Wildman–Crippen LogP) is 3.77. The minimum Gasteiger partial charge on any atom is -0.371 e. The smallest absolute Gasteiger partial charge is 0.317 e. The fourth-order valence-electron chi connectivity index (χ4n) is 5.02. The molecule has 1 aromatic rings. The van der Waals surface area contributed by atoms with Crippen LogP contribution in [0.3, 0.4) is 0 Å². The maximum absolute atomic E-state index is 12.4. The molecule has 2 aliphatic heterocycles. The Morgan fingerprint density at radius 1 is 1.30 bits per heavy atom. The lowest BCUT2D eigenvalue weighted by molar-refractivity contribution is -0.0405. The van der Waals surface area contributed by atoms with E-state index in [2.05, 4.69) is 50.0 Å². The van der Waals surface area contributed by atoms with Crippen LogP contribution in [-0.4, -0.2) is 49.3 Å². The maximum atomic E-state index is 12.4. The number of hydrogen-bond acceptors (Lipinski definition) is 4. The number of carbonyl (C=O) groups excluding carboxylic acids is 1. The summed E-state index contributed by atoms with van der Waals surface area (Å²) in [7, 11) is 1.69. The van der Waals surface area contributed by atoms with Crippen molar-refractivity contribution in [2.75, 3.05) is 31.6 Å². The Labute approximate surface area is 180 Å². The molecule has 1 atom stereocenters. The van der Waals surface area contributed by atoms with E-state index in [1.54, 1.807) is 7.05 Å². The number of amides is 2. The highest BCUT2D eigenvalue weighted by molar-refractivity contribution is 5.75. The molecule has 2 fully saturated rings. The number of hydrogen-bond donors (Lipinski definition) is 1. The largest absolute Gasteiger partial charge is 0.371 e. The Bertz CT molecular complexity index is 882. The fraction of sp³-hybridized carbons (Fsp3) is 0.667. The number of nitrogens with one attached hydrogen (secondary N) is 1. The van der Waals surface area contributed by atoms with E-state index in [-0.39, 0.29) is 17.7 Å². The zero-order chi connectivity index (χ0) is 21.6. The Morgan fingerprint density at radius 2 is 2.03 bits per heavy atom. The van der Waals surface area contributed by atoms with Crippen molar-refractivity contribution >= 4 is 11.7 Å². The summed E-state index contributed by atoms with van der Waals surface area (Å²) in [4.78, 5) is 16.7. The second-order valence-electron chi connectivity index (χ2n) is 9.93. The van der Waals surface area contributed by atoms with E-state index in [9.17, 15) is 10.1 Å². The molecule has 6 nitrogen and oxygen atoms in total. The van der Waals surface area contributed by atoms with Crippen LogP contribution in [0.2, 0.25) is 0 Å². The number of rotatable bonds is 3. The van der Waals surface area contributed by atoms with Gasteiger partial charge in [-0.3, -0.25) is 0 Å². The molecule has 4 rings (SSSR count). The highest BCUT2D eigenvalue weighted by Crippen LogP contribution is 2.47.